The van der Waals surface area contributed by atoms with E-state index >= 15 is 0 Å². The van der Waals surface area contributed by atoms with Gasteiger partial charge in [-0.15, -0.1) is 0 Å². The molecule has 0 aliphatic rings. The van der Waals surface area contributed by atoms with Crippen LogP contribution in [0.5, 0.6) is 0 Å². The van der Waals surface area contributed by atoms with Crippen LogP contribution in [0.2, 0.25) is 0 Å². The SMILES string of the molecule is Cc1cc(C)c(P(c2ccccc2)c2ccccc2)c(C)c1.O=S(=O)(O)c1ccc(C(F)(F)F)cc1. The van der Waals surface area contributed by atoms with E-state index in [1.807, 2.05) is 0 Å². The third-order valence-corrected chi connectivity index (χ3v) is 9.02. The zero-order valence-electron chi connectivity index (χ0n) is 20.0. The summed E-state index contributed by atoms with van der Waals surface area (Å²) in [4.78, 5) is -0.564. The average molecular weight is 531 g/mol. The smallest absolute Gasteiger partial charge is 0.282 e. The molecule has 4 aromatic carbocycles. The third kappa shape index (κ3) is 7.03. The molecule has 0 saturated carbocycles. The average Bonchev–Trinajstić information content (AvgIpc) is 2.82. The van der Waals surface area contributed by atoms with Crippen molar-refractivity contribution in [3.8, 4) is 0 Å². The molecule has 0 radical (unpaired) electrons. The predicted molar refractivity (Wildman–Crippen MR) is 141 cm³/mol. The lowest BCUT2D eigenvalue weighted by Crippen LogP contribution is -2.24. The summed E-state index contributed by atoms with van der Waals surface area (Å²) in [6, 6.07) is 29.0. The van der Waals surface area contributed by atoms with Gasteiger partial charge < -0.3 is 0 Å². The van der Waals surface area contributed by atoms with Crippen LogP contribution in [-0.4, -0.2) is 13.0 Å². The molecule has 0 bridgehead atoms. The summed E-state index contributed by atoms with van der Waals surface area (Å²) in [6.07, 6.45) is -4.52. The Morgan fingerprint density at radius 3 is 1.47 bits per heavy atom. The first-order valence-electron chi connectivity index (χ1n) is 11.0. The highest BCUT2D eigenvalue weighted by Crippen LogP contribution is 2.35. The van der Waals surface area contributed by atoms with Crippen LogP contribution >= 0.6 is 7.92 Å². The maximum absolute atomic E-state index is 12.0. The third-order valence-electron chi connectivity index (χ3n) is 5.37. The predicted octanol–water partition coefficient (Wildman–Crippen LogP) is 6.32. The Kier molecular flexibility index (Phi) is 8.72. The molecule has 0 spiro atoms. The normalized spacial score (nSPS) is 11.7. The maximum atomic E-state index is 12.0. The van der Waals surface area contributed by atoms with Gasteiger partial charge in [-0.3, -0.25) is 4.55 Å². The molecule has 8 heteroatoms. The van der Waals surface area contributed by atoms with Gasteiger partial charge in [0.15, 0.2) is 0 Å². The minimum Gasteiger partial charge on any atom is -0.282 e. The number of halogens is 3. The second kappa shape index (κ2) is 11.4. The van der Waals surface area contributed by atoms with Crippen molar-refractivity contribution >= 4 is 34.0 Å². The number of aryl methyl sites for hydroxylation is 3. The summed E-state index contributed by atoms with van der Waals surface area (Å²) in [5, 5.41) is 4.33. The molecule has 3 nitrogen and oxygen atoms in total. The van der Waals surface area contributed by atoms with E-state index in [-0.39, 0.29) is 0 Å². The van der Waals surface area contributed by atoms with Gasteiger partial charge >= 0.3 is 6.18 Å². The van der Waals surface area contributed by atoms with Gasteiger partial charge in [0, 0.05) is 0 Å². The van der Waals surface area contributed by atoms with Crippen LogP contribution in [0.25, 0.3) is 0 Å². The Hall–Kier alpha value is -2.99. The molecule has 0 heterocycles. The highest BCUT2D eigenvalue weighted by molar-refractivity contribution is 7.85. The molecule has 0 aliphatic heterocycles. The van der Waals surface area contributed by atoms with Crippen LogP contribution in [0.3, 0.4) is 0 Å². The van der Waals surface area contributed by atoms with Gasteiger partial charge in [0.1, 0.15) is 0 Å². The van der Waals surface area contributed by atoms with E-state index in [9.17, 15) is 21.6 Å². The number of hydrogen-bond donors (Lipinski definition) is 1. The summed E-state index contributed by atoms with van der Waals surface area (Å²) in [5.74, 6) is 0. The molecule has 0 saturated heterocycles. The van der Waals surface area contributed by atoms with Crippen molar-refractivity contribution in [1.82, 2.24) is 0 Å². The van der Waals surface area contributed by atoms with Crippen molar-refractivity contribution < 1.29 is 26.1 Å². The number of rotatable bonds is 4. The largest absolute Gasteiger partial charge is 0.416 e. The Balaban J connectivity index is 0.000000223. The number of alkyl halides is 3. The highest BCUT2D eigenvalue weighted by atomic mass is 32.2. The summed E-state index contributed by atoms with van der Waals surface area (Å²) in [6.45, 7) is 6.67. The first-order valence-corrected chi connectivity index (χ1v) is 13.8. The van der Waals surface area contributed by atoms with Gasteiger partial charge in [-0.1, -0.05) is 78.4 Å². The molecule has 0 aliphatic carbocycles. The molecular weight excluding hydrogens is 504 g/mol. The molecule has 4 rings (SSSR count). The van der Waals surface area contributed by atoms with Crippen LogP contribution < -0.4 is 15.9 Å². The number of hydrogen-bond acceptors (Lipinski definition) is 2. The zero-order chi connectivity index (χ0) is 26.5. The zero-order valence-corrected chi connectivity index (χ0v) is 21.7. The fourth-order valence-corrected chi connectivity index (χ4v) is 6.97. The number of benzene rings is 4. The van der Waals surface area contributed by atoms with Crippen LogP contribution in [0.15, 0.2) is 102 Å². The molecule has 188 valence electrons. The lowest BCUT2D eigenvalue weighted by Gasteiger charge is -2.23. The van der Waals surface area contributed by atoms with E-state index in [1.54, 1.807) is 0 Å². The summed E-state index contributed by atoms with van der Waals surface area (Å²) < 4.78 is 65.4. The van der Waals surface area contributed by atoms with Crippen molar-refractivity contribution in [1.29, 1.82) is 0 Å². The Morgan fingerprint density at radius 2 is 1.11 bits per heavy atom. The summed E-state index contributed by atoms with van der Waals surface area (Å²) in [5.41, 5.74) is 3.17. The molecule has 4 aromatic rings. The Morgan fingerprint density at radius 1 is 0.694 bits per heavy atom. The second-order valence-electron chi connectivity index (χ2n) is 8.25. The first-order chi connectivity index (χ1) is 16.9. The monoisotopic (exact) mass is 530 g/mol. The lowest BCUT2D eigenvalue weighted by atomic mass is 10.1. The van der Waals surface area contributed by atoms with Crippen molar-refractivity contribution in [3.63, 3.8) is 0 Å². The fraction of sp³-hybridized carbons (Fsp3) is 0.143. The van der Waals surface area contributed by atoms with E-state index in [0.29, 0.717) is 24.3 Å². The molecular formula is C28H26F3O3PS. The van der Waals surface area contributed by atoms with Gasteiger partial charge in [0.05, 0.1) is 10.5 Å². The molecule has 0 unspecified atom stereocenters. The van der Waals surface area contributed by atoms with Gasteiger partial charge in [-0.25, -0.2) is 0 Å². The minimum absolute atomic E-state index is 0.500. The Labute approximate surface area is 211 Å². The van der Waals surface area contributed by atoms with Gasteiger partial charge in [-0.05, 0) is 80.0 Å². The van der Waals surface area contributed by atoms with Crippen LogP contribution in [0.1, 0.15) is 22.3 Å². The Bertz CT molecular complexity index is 1340. The maximum Gasteiger partial charge on any atom is 0.416 e. The molecule has 0 amide bonds. The lowest BCUT2D eigenvalue weighted by molar-refractivity contribution is -0.137. The van der Waals surface area contributed by atoms with Crippen LogP contribution in [-0.2, 0) is 16.3 Å². The standard InChI is InChI=1S/C21H21P.C7H5F3O3S/c1-16-14-17(2)21(18(3)15-16)22(19-10-6-4-7-11-19)20-12-8-5-9-13-20;8-7(9,10)5-1-3-6(4-2-5)14(11,12)13/h4-15H,1-3H3;1-4H,(H,11,12,13). The fourth-order valence-electron chi connectivity index (χ4n) is 3.90. The van der Waals surface area contributed by atoms with E-state index in [2.05, 4.69) is 93.6 Å². The quantitative estimate of drug-likeness (QED) is 0.248. The van der Waals surface area contributed by atoms with E-state index < -0.39 is 34.7 Å². The minimum atomic E-state index is -4.52. The van der Waals surface area contributed by atoms with E-state index in [4.69, 9.17) is 4.55 Å². The van der Waals surface area contributed by atoms with Crippen molar-refractivity contribution in [2.75, 3.05) is 0 Å². The van der Waals surface area contributed by atoms with Crippen molar-refractivity contribution in [2.45, 2.75) is 31.8 Å². The van der Waals surface area contributed by atoms with Gasteiger partial charge in [-0.2, -0.15) is 21.6 Å². The summed E-state index contributed by atoms with van der Waals surface area (Å²) in [7, 11) is -4.93. The van der Waals surface area contributed by atoms with Crippen LogP contribution in [0, 0.1) is 20.8 Å². The molecule has 1 N–H and O–H groups in total. The molecule has 0 fully saturated rings. The van der Waals surface area contributed by atoms with E-state index in [1.165, 1.54) is 32.6 Å². The first kappa shape index (κ1) is 27.6. The topological polar surface area (TPSA) is 54.4 Å². The van der Waals surface area contributed by atoms with E-state index in [0.717, 1.165) is 0 Å². The second-order valence-corrected chi connectivity index (χ2v) is 11.8. The van der Waals surface area contributed by atoms with Crippen molar-refractivity contribution in [2.24, 2.45) is 0 Å². The highest BCUT2D eigenvalue weighted by Gasteiger charge is 2.30. The molecule has 0 aromatic heterocycles. The van der Waals surface area contributed by atoms with Gasteiger partial charge in [0.25, 0.3) is 10.1 Å². The summed E-state index contributed by atoms with van der Waals surface area (Å²) >= 11 is 0. The molecule has 0 atom stereocenters. The van der Waals surface area contributed by atoms with Crippen molar-refractivity contribution in [3.05, 3.63) is 119 Å². The molecule has 36 heavy (non-hydrogen) atoms. The van der Waals surface area contributed by atoms with Crippen LogP contribution in [0.4, 0.5) is 13.2 Å². The van der Waals surface area contributed by atoms with Gasteiger partial charge in [0.2, 0.25) is 0 Å².